The predicted octanol–water partition coefficient (Wildman–Crippen LogP) is 4.19. The second-order valence-electron chi connectivity index (χ2n) is 7.87. The van der Waals surface area contributed by atoms with E-state index in [9.17, 15) is 19.2 Å². The Bertz CT molecular complexity index is 1460. The molecule has 0 aliphatic rings. The van der Waals surface area contributed by atoms with Crippen molar-refractivity contribution in [3.63, 3.8) is 0 Å². The molecule has 0 atom stereocenters. The van der Waals surface area contributed by atoms with Gasteiger partial charge in [-0.05, 0) is 50.6 Å². The van der Waals surface area contributed by atoms with Crippen molar-refractivity contribution < 1.29 is 23.9 Å². The van der Waals surface area contributed by atoms with Gasteiger partial charge < -0.3 is 19.4 Å². The summed E-state index contributed by atoms with van der Waals surface area (Å²) in [5.41, 5.74) is 2.12. The molecule has 0 bridgehead atoms. The van der Waals surface area contributed by atoms with E-state index in [1.54, 1.807) is 66.9 Å². The van der Waals surface area contributed by atoms with Gasteiger partial charge in [0.05, 0.1) is 23.2 Å². The first-order valence-electron chi connectivity index (χ1n) is 11.0. The van der Waals surface area contributed by atoms with Gasteiger partial charge in [0.2, 0.25) is 0 Å². The first-order chi connectivity index (χ1) is 16.8. The molecule has 0 saturated heterocycles. The van der Waals surface area contributed by atoms with Crippen LogP contribution in [0, 0.1) is 13.8 Å². The zero-order valence-electron chi connectivity index (χ0n) is 19.5. The zero-order chi connectivity index (χ0) is 25.1. The van der Waals surface area contributed by atoms with Crippen molar-refractivity contribution in [2.45, 2.75) is 27.3 Å². The van der Waals surface area contributed by atoms with E-state index in [2.05, 4.69) is 5.32 Å². The van der Waals surface area contributed by atoms with Gasteiger partial charge in [-0.2, -0.15) is 0 Å². The Labute approximate surface area is 205 Å². The lowest BCUT2D eigenvalue weighted by Crippen LogP contribution is -2.24. The molecule has 0 saturated carbocycles. The summed E-state index contributed by atoms with van der Waals surface area (Å²) in [6.45, 7) is 4.85. The third-order valence-corrected chi connectivity index (χ3v) is 6.77. The van der Waals surface area contributed by atoms with E-state index < -0.39 is 24.5 Å². The van der Waals surface area contributed by atoms with Crippen LogP contribution in [-0.4, -0.2) is 35.6 Å². The number of rotatable bonds is 7. The van der Waals surface area contributed by atoms with Crippen LogP contribution in [-0.2, 0) is 25.6 Å². The molecule has 0 unspecified atom stereocenters. The van der Waals surface area contributed by atoms with Gasteiger partial charge in [0.15, 0.2) is 12.0 Å². The number of nitrogens with zero attached hydrogens (tertiary/aromatic N) is 1. The average Bonchev–Trinajstić information content (AvgIpc) is 3.13. The molecule has 4 aromatic rings. The Morgan fingerprint density at radius 2 is 1.54 bits per heavy atom. The number of ether oxygens (including phenoxy) is 2. The standard InChI is InChI=1S/C26H24N2O6S/c1-4-33-26(32)23-15(2)16(3)35-25(23)27-21(29)14-34-22(30)13-28-19-11-7-5-9-17(19)24(31)18-10-6-8-12-20(18)28/h5-12H,4,13-14H2,1-3H3,(H,27,29). The molecule has 1 amide bonds. The van der Waals surface area contributed by atoms with Gasteiger partial charge >= 0.3 is 11.9 Å². The number of para-hydroxylation sites is 2. The van der Waals surface area contributed by atoms with Gasteiger partial charge in [-0.15, -0.1) is 11.3 Å². The summed E-state index contributed by atoms with van der Waals surface area (Å²) in [4.78, 5) is 51.2. The molecule has 0 aliphatic heterocycles. The lowest BCUT2D eigenvalue weighted by atomic mass is 10.1. The number of hydrogen-bond donors (Lipinski definition) is 1. The molecule has 8 nitrogen and oxygen atoms in total. The minimum atomic E-state index is -0.636. The molecule has 0 radical (unpaired) electrons. The minimum Gasteiger partial charge on any atom is -0.462 e. The predicted molar refractivity (Wildman–Crippen MR) is 135 cm³/mol. The number of amides is 1. The number of hydrogen-bond acceptors (Lipinski definition) is 7. The van der Waals surface area contributed by atoms with Crippen LogP contribution in [0.5, 0.6) is 0 Å². The average molecular weight is 493 g/mol. The van der Waals surface area contributed by atoms with E-state index in [4.69, 9.17) is 9.47 Å². The van der Waals surface area contributed by atoms with Crippen LogP contribution in [0.4, 0.5) is 5.00 Å². The van der Waals surface area contributed by atoms with Crippen molar-refractivity contribution in [1.29, 1.82) is 0 Å². The molecule has 35 heavy (non-hydrogen) atoms. The molecule has 9 heteroatoms. The van der Waals surface area contributed by atoms with Crippen molar-refractivity contribution in [3.8, 4) is 0 Å². The third-order valence-electron chi connectivity index (χ3n) is 5.65. The highest BCUT2D eigenvalue weighted by Crippen LogP contribution is 2.33. The van der Waals surface area contributed by atoms with Crippen molar-refractivity contribution in [1.82, 2.24) is 4.57 Å². The van der Waals surface area contributed by atoms with Gasteiger partial charge in [0.25, 0.3) is 5.91 Å². The maximum Gasteiger partial charge on any atom is 0.341 e. The van der Waals surface area contributed by atoms with E-state index in [0.29, 0.717) is 32.4 Å². The lowest BCUT2D eigenvalue weighted by molar-refractivity contribution is -0.147. The van der Waals surface area contributed by atoms with E-state index in [0.717, 1.165) is 10.4 Å². The summed E-state index contributed by atoms with van der Waals surface area (Å²) in [7, 11) is 0. The number of fused-ring (bicyclic) bond motifs is 2. The largest absolute Gasteiger partial charge is 0.462 e. The molecule has 1 N–H and O–H groups in total. The van der Waals surface area contributed by atoms with Gasteiger partial charge in [-0.3, -0.25) is 14.4 Å². The molecule has 2 aromatic carbocycles. The Balaban J connectivity index is 1.51. The molecule has 0 aliphatic carbocycles. The highest BCUT2D eigenvalue weighted by Gasteiger charge is 2.22. The Morgan fingerprint density at radius 1 is 0.943 bits per heavy atom. The molecular weight excluding hydrogens is 468 g/mol. The number of anilines is 1. The maximum absolute atomic E-state index is 12.8. The van der Waals surface area contributed by atoms with E-state index in [1.165, 1.54) is 11.3 Å². The van der Waals surface area contributed by atoms with Crippen LogP contribution in [0.25, 0.3) is 21.8 Å². The molecule has 2 aromatic heterocycles. The number of esters is 2. The van der Waals surface area contributed by atoms with Crippen LogP contribution in [0.2, 0.25) is 0 Å². The Morgan fingerprint density at radius 3 is 2.14 bits per heavy atom. The summed E-state index contributed by atoms with van der Waals surface area (Å²) in [6.07, 6.45) is 0. The summed E-state index contributed by atoms with van der Waals surface area (Å²) in [5.74, 6) is -1.72. The number of aromatic nitrogens is 1. The first kappa shape index (κ1) is 24.2. The van der Waals surface area contributed by atoms with Crippen molar-refractivity contribution in [3.05, 3.63) is 74.8 Å². The second kappa shape index (κ2) is 10.1. The van der Waals surface area contributed by atoms with Gasteiger partial charge in [-0.1, -0.05) is 24.3 Å². The van der Waals surface area contributed by atoms with Crippen LogP contribution >= 0.6 is 11.3 Å². The molecule has 0 fully saturated rings. The van der Waals surface area contributed by atoms with Crippen LogP contribution in [0.15, 0.2) is 53.3 Å². The molecule has 4 rings (SSSR count). The fourth-order valence-electron chi connectivity index (χ4n) is 3.89. The monoisotopic (exact) mass is 492 g/mol. The van der Waals surface area contributed by atoms with Crippen molar-refractivity contribution >= 4 is 56.0 Å². The highest BCUT2D eigenvalue weighted by atomic mass is 32.1. The normalized spacial score (nSPS) is 10.9. The van der Waals surface area contributed by atoms with Gasteiger partial charge in [0, 0.05) is 15.6 Å². The van der Waals surface area contributed by atoms with E-state index in [1.807, 2.05) is 6.92 Å². The van der Waals surface area contributed by atoms with Crippen LogP contribution in [0.1, 0.15) is 27.7 Å². The van der Waals surface area contributed by atoms with Gasteiger partial charge in [-0.25, -0.2) is 4.79 Å². The van der Waals surface area contributed by atoms with Gasteiger partial charge in [0.1, 0.15) is 11.5 Å². The quantitative estimate of drug-likeness (QED) is 0.306. The number of carbonyl (C=O) groups is 3. The topological polar surface area (TPSA) is 104 Å². The first-order valence-corrected chi connectivity index (χ1v) is 11.9. The summed E-state index contributed by atoms with van der Waals surface area (Å²) in [6, 6.07) is 14.1. The smallest absolute Gasteiger partial charge is 0.341 e. The summed E-state index contributed by atoms with van der Waals surface area (Å²) in [5, 5.41) is 3.99. The molecule has 180 valence electrons. The SMILES string of the molecule is CCOC(=O)c1c(NC(=O)COC(=O)Cn2c3ccccc3c(=O)c3ccccc32)sc(C)c1C. The maximum atomic E-state index is 12.8. The fourth-order valence-corrected chi connectivity index (χ4v) is 4.96. The lowest BCUT2D eigenvalue weighted by Gasteiger charge is -2.14. The number of pyridine rings is 1. The van der Waals surface area contributed by atoms with E-state index in [-0.39, 0.29) is 18.6 Å². The number of nitrogens with one attached hydrogen (secondary N) is 1. The molecular formula is C26H24N2O6S. The second-order valence-corrected chi connectivity index (χ2v) is 9.09. The molecule has 2 heterocycles. The Kier molecular flexibility index (Phi) is 6.97. The summed E-state index contributed by atoms with van der Waals surface area (Å²) >= 11 is 1.26. The third kappa shape index (κ3) is 4.81. The van der Waals surface area contributed by atoms with E-state index >= 15 is 0 Å². The minimum absolute atomic E-state index is 0.112. The number of thiophene rings is 1. The van der Waals surface area contributed by atoms with Crippen LogP contribution < -0.4 is 10.7 Å². The zero-order valence-corrected chi connectivity index (χ0v) is 20.4. The van der Waals surface area contributed by atoms with Crippen LogP contribution in [0.3, 0.4) is 0 Å². The number of benzene rings is 2. The Hall–Kier alpha value is -3.98. The highest BCUT2D eigenvalue weighted by molar-refractivity contribution is 7.16. The fraction of sp³-hybridized carbons (Fsp3) is 0.231. The number of aryl methyl sites for hydroxylation is 1. The van der Waals surface area contributed by atoms with Crippen molar-refractivity contribution in [2.75, 3.05) is 18.5 Å². The number of carbonyl (C=O) groups excluding carboxylic acids is 3. The van der Waals surface area contributed by atoms with Crippen molar-refractivity contribution in [2.24, 2.45) is 0 Å². The summed E-state index contributed by atoms with van der Waals surface area (Å²) < 4.78 is 12.0. The molecule has 0 spiro atoms.